The Bertz CT molecular complexity index is 448. The third-order valence-electron chi connectivity index (χ3n) is 3.44. The van der Waals surface area contributed by atoms with Crippen molar-refractivity contribution in [1.82, 2.24) is 0 Å². The summed E-state index contributed by atoms with van der Waals surface area (Å²) in [6.07, 6.45) is 1.72. The molecule has 18 heavy (non-hydrogen) atoms. The number of carboxylic acid groups (broad SMARTS) is 1. The number of aromatic carboxylic acids is 1. The molecule has 0 aliphatic carbocycles. The average molecular weight is 250 g/mol. The van der Waals surface area contributed by atoms with Crippen molar-refractivity contribution in [3.63, 3.8) is 0 Å². The van der Waals surface area contributed by atoms with E-state index < -0.39 is 5.97 Å². The average Bonchev–Trinajstić information content (AvgIpc) is 2.77. The first kappa shape index (κ1) is 12.7. The predicted molar refractivity (Wildman–Crippen MR) is 69.8 cm³/mol. The number of aliphatic hydroxyl groups excluding tert-OH is 1. The van der Waals surface area contributed by atoms with Gasteiger partial charge in [-0.2, -0.15) is 0 Å². The molecule has 2 rings (SSSR count). The Morgan fingerprint density at radius 2 is 2.28 bits per heavy atom. The second-order valence-corrected chi connectivity index (χ2v) is 4.66. The largest absolute Gasteiger partial charge is 0.478 e. The molecule has 1 heterocycles. The Morgan fingerprint density at radius 1 is 1.50 bits per heavy atom. The number of para-hydroxylation sites is 1. The Labute approximate surface area is 106 Å². The summed E-state index contributed by atoms with van der Waals surface area (Å²) in [6.45, 7) is 1.72. The maximum atomic E-state index is 11.2. The fourth-order valence-electron chi connectivity index (χ4n) is 2.54. The number of hydrogen-bond acceptors (Lipinski definition) is 4. The first-order chi connectivity index (χ1) is 8.63. The SMILES string of the molecule is Nc1cccc(C(=O)O)c1N1CCC(CCO)C1. The number of aliphatic hydroxyl groups is 1. The van der Waals surface area contributed by atoms with E-state index in [1.54, 1.807) is 18.2 Å². The summed E-state index contributed by atoms with van der Waals surface area (Å²) in [5, 5.41) is 18.1. The molecule has 1 aliphatic rings. The standard InChI is InChI=1S/C13H18N2O3/c14-11-3-1-2-10(13(17)18)12(11)15-6-4-9(8-15)5-7-16/h1-3,9,16H,4-8,14H2,(H,17,18). The van der Waals surface area contributed by atoms with Crippen LogP contribution in [-0.2, 0) is 0 Å². The van der Waals surface area contributed by atoms with Gasteiger partial charge in [-0.15, -0.1) is 0 Å². The van der Waals surface area contributed by atoms with Gasteiger partial charge in [0, 0.05) is 19.7 Å². The van der Waals surface area contributed by atoms with Gasteiger partial charge in [0.05, 0.1) is 16.9 Å². The summed E-state index contributed by atoms with van der Waals surface area (Å²) in [5.74, 6) is -0.542. The molecular formula is C13H18N2O3. The van der Waals surface area contributed by atoms with Gasteiger partial charge in [-0.1, -0.05) is 6.07 Å². The minimum Gasteiger partial charge on any atom is -0.478 e. The molecule has 1 atom stereocenters. The highest BCUT2D eigenvalue weighted by molar-refractivity contribution is 5.98. The van der Waals surface area contributed by atoms with E-state index in [9.17, 15) is 9.90 Å². The lowest BCUT2D eigenvalue weighted by molar-refractivity contribution is 0.0697. The number of rotatable bonds is 4. The fraction of sp³-hybridized carbons (Fsp3) is 0.462. The van der Waals surface area contributed by atoms with E-state index in [2.05, 4.69) is 0 Å². The third-order valence-corrected chi connectivity index (χ3v) is 3.44. The van der Waals surface area contributed by atoms with Crippen molar-refractivity contribution in [2.24, 2.45) is 5.92 Å². The van der Waals surface area contributed by atoms with E-state index in [1.165, 1.54) is 0 Å². The van der Waals surface area contributed by atoms with E-state index in [0.29, 0.717) is 17.3 Å². The monoisotopic (exact) mass is 250 g/mol. The number of anilines is 2. The molecule has 98 valence electrons. The summed E-state index contributed by atoms with van der Waals surface area (Å²) in [7, 11) is 0. The molecule has 0 aromatic heterocycles. The lowest BCUT2D eigenvalue weighted by Crippen LogP contribution is -2.23. The minimum absolute atomic E-state index is 0.175. The van der Waals surface area contributed by atoms with Crippen LogP contribution < -0.4 is 10.6 Å². The van der Waals surface area contributed by atoms with Crippen LogP contribution in [0.3, 0.4) is 0 Å². The molecule has 5 nitrogen and oxygen atoms in total. The summed E-state index contributed by atoms with van der Waals surface area (Å²) < 4.78 is 0. The molecule has 1 saturated heterocycles. The second kappa shape index (κ2) is 5.27. The highest BCUT2D eigenvalue weighted by Gasteiger charge is 2.26. The molecule has 1 aromatic carbocycles. The number of hydrogen-bond donors (Lipinski definition) is 3. The summed E-state index contributed by atoms with van der Waals surface area (Å²) in [6, 6.07) is 4.96. The molecule has 0 bridgehead atoms. The molecule has 0 saturated carbocycles. The number of benzene rings is 1. The van der Waals surface area contributed by atoms with Crippen LogP contribution in [0.4, 0.5) is 11.4 Å². The number of nitrogen functional groups attached to an aromatic ring is 1. The van der Waals surface area contributed by atoms with Gasteiger partial charge in [-0.3, -0.25) is 0 Å². The van der Waals surface area contributed by atoms with Crippen molar-refractivity contribution in [2.75, 3.05) is 30.3 Å². The van der Waals surface area contributed by atoms with E-state index in [-0.39, 0.29) is 12.2 Å². The van der Waals surface area contributed by atoms with Crippen LogP contribution in [0.25, 0.3) is 0 Å². The van der Waals surface area contributed by atoms with Crippen molar-refractivity contribution < 1.29 is 15.0 Å². The summed E-state index contributed by atoms with van der Waals surface area (Å²) in [5.41, 5.74) is 7.27. The molecule has 0 spiro atoms. The molecule has 1 unspecified atom stereocenters. The predicted octanol–water partition coefficient (Wildman–Crippen LogP) is 1.18. The molecule has 5 heteroatoms. The first-order valence-corrected chi connectivity index (χ1v) is 6.11. The highest BCUT2D eigenvalue weighted by Crippen LogP contribution is 2.33. The van der Waals surface area contributed by atoms with Crippen LogP contribution in [-0.4, -0.2) is 35.9 Å². The topological polar surface area (TPSA) is 86.8 Å². The number of carbonyl (C=O) groups is 1. The quantitative estimate of drug-likeness (QED) is 0.698. The lowest BCUT2D eigenvalue weighted by Gasteiger charge is -2.22. The van der Waals surface area contributed by atoms with Crippen LogP contribution in [0.1, 0.15) is 23.2 Å². The minimum atomic E-state index is -0.956. The van der Waals surface area contributed by atoms with Crippen LogP contribution in [0.15, 0.2) is 18.2 Å². The molecule has 1 fully saturated rings. The van der Waals surface area contributed by atoms with Gasteiger partial charge in [-0.25, -0.2) is 4.79 Å². The molecule has 0 amide bonds. The maximum absolute atomic E-state index is 11.2. The Hall–Kier alpha value is -1.75. The molecule has 0 radical (unpaired) electrons. The van der Waals surface area contributed by atoms with Crippen molar-refractivity contribution in [3.05, 3.63) is 23.8 Å². The Balaban J connectivity index is 2.26. The highest BCUT2D eigenvalue weighted by atomic mass is 16.4. The zero-order valence-electron chi connectivity index (χ0n) is 10.2. The first-order valence-electron chi connectivity index (χ1n) is 6.11. The summed E-state index contributed by atoms with van der Waals surface area (Å²) in [4.78, 5) is 13.2. The normalized spacial score (nSPS) is 19.2. The maximum Gasteiger partial charge on any atom is 0.337 e. The van der Waals surface area contributed by atoms with E-state index in [1.807, 2.05) is 4.90 Å². The van der Waals surface area contributed by atoms with Gasteiger partial charge in [0.1, 0.15) is 0 Å². The van der Waals surface area contributed by atoms with E-state index in [0.717, 1.165) is 25.9 Å². The molecule has 1 aromatic rings. The smallest absolute Gasteiger partial charge is 0.337 e. The van der Waals surface area contributed by atoms with Crippen molar-refractivity contribution in [2.45, 2.75) is 12.8 Å². The van der Waals surface area contributed by atoms with Gasteiger partial charge in [0.25, 0.3) is 0 Å². The lowest BCUT2D eigenvalue weighted by atomic mass is 10.1. The van der Waals surface area contributed by atoms with Crippen molar-refractivity contribution >= 4 is 17.3 Å². The van der Waals surface area contributed by atoms with E-state index in [4.69, 9.17) is 10.8 Å². The van der Waals surface area contributed by atoms with Crippen LogP contribution in [0.2, 0.25) is 0 Å². The van der Waals surface area contributed by atoms with Gasteiger partial charge in [-0.05, 0) is 30.9 Å². The third kappa shape index (κ3) is 2.41. The van der Waals surface area contributed by atoms with Crippen molar-refractivity contribution in [1.29, 1.82) is 0 Å². The van der Waals surface area contributed by atoms with Crippen LogP contribution in [0.5, 0.6) is 0 Å². The van der Waals surface area contributed by atoms with E-state index >= 15 is 0 Å². The zero-order chi connectivity index (χ0) is 13.1. The second-order valence-electron chi connectivity index (χ2n) is 4.66. The number of carboxylic acids is 1. The van der Waals surface area contributed by atoms with Crippen molar-refractivity contribution in [3.8, 4) is 0 Å². The van der Waals surface area contributed by atoms with Crippen LogP contribution >= 0.6 is 0 Å². The molecular weight excluding hydrogens is 232 g/mol. The summed E-state index contributed by atoms with van der Waals surface area (Å²) >= 11 is 0. The van der Waals surface area contributed by atoms with Gasteiger partial charge < -0.3 is 20.8 Å². The van der Waals surface area contributed by atoms with Gasteiger partial charge >= 0.3 is 5.97 Å². The van der Waals surface area contributed by atoms with Gasteiger partial charge in [0.15, 0.2) is 0 Å². The van der Waals surface area contributed by atoms with Crippen LogP contribution in [0, 0.1) is 5.92 Å². The Kier molecular flexibility index (Phi) is 3.72. The molecule has 1 aliphatic heterocycles. The molecule has 4 N–H and O–H groups in total. The number of nitrogens with zero attached hydrogens (tertiary/aromatic N) is 1. The zero-order valence-corrected chi connectivity index (χ0v) is 10.2. The van der Waals surface area contributed by atoms with Gasteiger partial charge in [0.2, 0.25) is 0 Å². The number of nitrogens with two attached hydrogens (primary N) is 1. The Morgan fingerprint density at radius 3 is 2.94 bits per heavy atom. The fourth-order valence-corrected chi connectivity index (χ4v) is 2.54.